The van der Waals surface area contributed by atoms with Crippen molar-refractivity contribution < 1.29 is 23.9 Å². The molecule has 1 spiro atoms. The molecule has 4 amide bonds. The van der Waals surface area contributed by atoms with Gasteiger partial charge in [0.15, 0.2) is 0 Å². The van der Waals surface area contributed by atoms with Crippen molar-refractivity contribution in [1.29, 1.82) is 0 Å². The van der Waals surface area contributed by atoms with Gasteiger partial charge in [0.2, 0.25) is 23.6 Å². The van der Waals surface area contributed by atoms with Crippen LogP contribution >= 0.6 is 11.6 Å². The van der Waals surface area contributed by atoms with E-state index < -0.39 is 41.1 Å². The number of hydrogen-bond acceptors (Lipinski definition) is 6. The number of nitrogens with two attached hydrogens (primary N) is 1. The van der Waals surface area contributed by atoms with Crippen LogP contribution in [0.2, 0.25) is 5.02 Å². The molecule has 4 N–H and O–H groups in total. The fourth-order valence-electron chi connectivity index (χ4n) is 5.57. The largest absolute Gasteiger partial charge is 0.376 e. The van der Waals surface area contributed by atoms with Crippen LogP contribution in [0.1, 0.15) is 31.2 Å². The molecule has 3 saturated heterocycles. The van der Waals surface area contributed by atoms with E-state index in [-0.39, 0.29) is 31.4 Å². The maximum absolute atomic E-state index is 13.6. The van der Waals surface area contributed by atoms with Crippen LogP contribution in [0.3, 0.4) is 0 Å². The summed E-state index contributed by atoms with van der Waals surface area (Å²) in [4.78, 5) is 52.9. The summed E-state index contributed by atoms with van der Waals surface area (Å²) in [6, 6.07) is 4.55. The van der Waals surface area contributed by atoms with Crippen molar-refractivity contribution >= 4 is 40.9 Å². The third-order valence-corrected chi connectivity index (χ3v) is 7.22. The lowest BCUT2D eigenvalue weighted by Gasteiger charge is -2.30. The molecule has 0 aliphatic carbocycles. The first-order chi connectivity index (χ1) is 14.8. The number of anilines is 1. The van der Waals surface area contributed by atoms with E-state index in [0.29, 0.717) is 22.9 Å². The number of halogens is 1. The van der Waals surface area contributed by atoms with E-state index in [1.807, 2.05) is 0 Å². The summed E-state index contributed by atoms with van der Waals surface area (Å²) in [7, 11) is 0. The SMILES string of the molecule is NC(=O)CC[C@@H]1N[C@@]2(C(=O)Nc3c(Cl)cccc32)[C@H]2C(=O)N(C[C@H]3CCCO3)C(=O)[C@@H]12. The average Bonchev–Trinajstić information content (AvgIpc) is 3.47. The van der Waals surface area contributed by atoms with Gasteiger partial charge < -0.3 is 15.8 Å². The second kappa shape index (κ2) is 7.29. The molecule has 0 aromatic heterocycles. The van der Waals surface area contributed by atoms with Crippen LogP contribution in [0.5, 0.6) is 0 Å². The molecule has 5 atom stereocenters. The number of fused-ring (bicyclic) bond motifs is 4. The molecule has 10 heteroatoms. The van der Waals surface area contributed by atoms with Gasteiger partial charge in [0.25, 0.3) is 0 Å². The van der Waals surface area contributed by atoms with Crippen molar-refractivity contribution in [3.05, 3.63) is 28.8 Å². The van der Waals surface area contributed by atoms with Crippen molar-refractivity contribution in [2.24, 2.45) is 17.6 Å². The molecule has 5 rings (SSSR count). The van der Waals surface area contributed by atoms with E-state index >= 15 is 0 Å². The van der Waals surface area contributed by atoms with Gasteiger partial charge in [-0.15, -0.1) is 0 Å². The number of carbonyl (C=O) groups is 4. The number of nitrogens with one attached hydrogen (secondary N) is 2. The molecule has 0 saturated carbocycles. The molecule has 31 heavy (non-hydrogen) atoms. The maximum Gasteiger partial charge on any atom is 0.250 e. The highest BCUT2D eigenvalue weighted by Crippen LogP contribution is 2.54. The van der Waals surface area contributed by atoms with E-state index in [9.17, 15) is 19.2 Å². The molecule has 4 aliphatic rings. The Morgan fingerprint density at radius 2 is 2.10 bits per heavy atom. The van der Waals surface area contributed by atoms with E-state index in [2.05, 4.69) is 10.6 Å². The number of likely N-dealkylation sites (tertiary alicyclic amines) is 1. The van der Waals surface area contributed by atoms with Gasteiger partial charge in [0.05, 0.1) is 35.2 Å². The van der Waals surface area contributed by atoms with Crippen LogP contribution in [0.15, 0.2) is 18.2 Å². The quantitative estimate of drug-likeness (QED) is 0.565. The van der Waals surface area contributed by atoms with Gasteiger partial charge in [0.1, 0.15) is 5.54 Å². The second-order valence-electron chi connectivity index (χ2n) is 8.61. The van der Waals surface area contributed by atoms with Crippen molar-refractivity contribution in [2.45, 2.75) is 43.4 Å². The number of ether oxygens (including phenoxy) is 1. The second-order valence-corrected chi connectivity index (χ2v) is 9.01. The molecule has 4 heterocycles. The molecule has 9 nitrogen and oxygen atoms in total. The van der Waals surface area contributed by atoms with Crippen LogP contribution in [0, 0.1) is 11.8 Å². The minimum Gasteiger partial charge on any atom is -0.376 e. The number of carbonyl (C=O) groups excluding carboxylic acids is 4. The lowest BCUT2D eigenvalue weighted by molar-refractivity contribution is -0.144. The van der Waals surface area contributed by atoms with Gasteiger partial charge in [0, 0.05) is 24.6 Å². The highest BCUT2D eigenvalue weighted by Gasteiger charge is 2.70. The number of nitrogens with zero attached hydrogens (tertiary/aromatic N) is 1. The minimum atomic E-state index is -1.43. The van der Waals surface area contributed by atoms with Crippen molar-refractivity contribution in [3.63, 3.8) is 0 Å². The fraction of sp³-hybridized carbons (Fsp3) is 0.524. The van der Waals surface area contributed by atoms with Crippen LogP contribution in [-0.2, 0) is 29.5 Å². The molecular weight excluding hydrogens is 424 g/mol. The standard InChI is InChI=1S/C21H23ClN4O5/c22-12-5-1-4-11-17(12)24-20(30)21(11)16-15(13(25-21)6-7-14(23)27)18(28)26(19(16)29)9-10-3-2-8-31-10/h1,4-5,10,13,15-16,25H,2-3,6-9H2,(H2,23,27)(H,24,30)/t10-,13+,15+,16-,21-/m1/s1. The van der Waals surface area contributed by atoms with E-state index in [4.69, 9.17) is 22.1 Å². The zero-order valence-corrected chi connectivity index (χ0v) is 17.5. The normalized spacial score (nSPS) is 33.8. The highest BCUT2D eigenvalue weighted by molar-refractivity contribution is 6.35. The van der Waals surface area contributed by atoms with Crippen LogP contribution in [0.4, 0.5) is 5.69 Å². The van der Waals surface area contributed by atoms with Crippen molar-refractivity contribution in [3.8, 4) is 0 Å². The molecule has 0 unspecified atom stereocenters. The summed E-state index contributed by atoms with van der Waals surface area (Å²) in [5.41, 5.74) is 4.89. The summed E-state index contributed by atoms with van der Waals surface area (Å²) in [5, 5.41) is 6.40. The smallest absolute Gasteiger partial charge is 0.250 e. The third-order valence-electron chi connectivity index (χ3n) is 6.90. The summed E-state index contributed by atoms with van der Waals surface area (Å²) in [6.07, 6.45) is 1.75. The summed E-state index contributed by atoms with van der Waals surface area (Å²) < 4.78 is 5.63. The zero-order valence-electron chi connectivity index (χ0n) is 16.7. The predicted octanol–water partition coefficient (Wildman–Crippen LogP) is 0.505. The number of para-hydroxylation sites is 1. The molecule has 0 bridgehead atoms. The van der Waals surface area contributed by atoms with E-state index in [0.717, 1.165) is 12.8 Å². The Morgan fingerprint density at radius 3 is 2.81 bits per heavy atom. The molecule has 3 fully saturated rings. The summed E-state index contributed by atoms with van der Waals surface area (Å²) >= 11 is 6.30. The lowest BCUT2D eigenvalue weighted by Crippen LogP contribution is -2.53. The van der Waals surface area contributed by atoms with Crippen LogP contribution < -0.4 is 16.4 Å². The zero-order chi connectivity index (χ0) is 21.9. The number of primary amides is 1. The van der Waals surface area contributed by atoms with Gasteiger partial charge in [-0.1, -0.05) is 23.7 Å². The first kappa shape index (κ1) is 20.4. The van der Waals surface area contributed by atoms with Gasteiger partial charge in [-0.2, -0.15) is 0 Å². The number of imide groups is 1. The fourth-order valence-corrected chi connectivity index (χ4v) is 5.79. The van der Waals surface area contributed by atoms with Gasteiger partial charge in [-0.05, 0) is 25.3 Å². The average molecular weight is 447 g/mol. The van der Waals surface area contributed by atoms with Crippen LogP contribution in [-0.4, -0.2) is 53.8 Å². The molecule has 164 valence electrons. The van der Waals surface area contributed by atoms with Crippen LogP contribution in [0.25, 0.3) is 0 Å². The van der Waals surface area contributed by atoms with Gasteiger partial charge in [-0.25, -0.2) is 0 Å². The first-order valence-corrected chi connectivity index (χ1v) is 10.9. The number of amides is 4. The Balaban J connectivity index is 1.57. The minimum absolute atomic E-state index is 0.0359. The van der Waals surface area contributed by atoms with E-state index in [1.165, 1.54) is 4.90 Å². The molecule has 4 aliphatic heterocycles. The van der Waals surface area contributed by atoms with Crippen molar-refractivity contribution in [2.75, 3.05) is 18.5 Å². The maximum atomic E-state index is 13.6. The van der Waals surface area contributed by atoms with Crippen molar-refractivity contribution in [1.82, 2.24) is 10.2 Å². The Hall–Kier alpha value is -2.49. The molecule has 0 radical (unpaired) electrons. The number of hydrogen-bond donors (Lipinski definition) is 3. The lowest BCUT2D eigenvalue weighted by atomic mass is 9.76. The number of rotatable bonds is 5. The Kier molecular flexibility index (Phi) is 4.80. The predicted molar refractivity (Wildman–Crippen MR) is 110 cm³/mol. The monoisotopic (exact) mass is 446 g/mol. The highest BCUT2D eigenvalue weighted by atomic mass is 35.5. The molecule has 1 aromatic rings. The van der Waals surface area contributed by atoms with E-state index in [1.54, 1.807) is 18.2 Å². The number of benzene rings is 1. The van der Waals surface area contributed by atoms with Gasteiger partial charge in [-0.3, -0.25) is 29.4 Å². The Bertz CT molecular complexity index is 994. The third kappa shape index (κ3) is 2.90. The summed E-state index contributed by atoms with van der Waals surface area (Å²) in [6.45, 7) is 0.780. The first-order valence-electron chi connectivity index (χ1n) is 10.5. The Morgan fingerprint density at radius 1 is 1.29 bits per heavy atom. The molecular formula is C21H23ClN4O5. The van der Waals surface area contributed by atoms with Gasteiger partial charge >= 0.3 is 0 Å². The summed E-state index contributed by atoms with van der Waals surface area (Å²) in [5.74, 6) is -3.38. The Labute approximate surface area is 183 Å². The topological polar surface area (TPSA) is 131 Å². The molecule has 1 aromatic carbocycles.